The molecule has 0 unspecified atom stereocenters. The summed E-state index contributed by atoms with van der Waals surface area (Å²) in [6, 6.07) is 15.0. The highest BCUT2D eigenvalue weighted by molar-refractivity contribution is 5.83. The molecule has 1 N–H and O–H groups in total. The summed E-state index contributed by atoms with van der Waals surface area (Å²) in [5, 5.41) is 4.20. The van der Waals surface area contributed by atoms with Crippen LogP contribution in [-0.2, 0) is 6.54 Å². The van der Waals surface area contributed by atoms with E-state index in [9.17, 15) is 4.39 Å². The number of nitrogens with one attached hydrogen (secondary N) is 1. The Balaban J connectivity index is 2.01. The van der Waals surface area contributed by atoms with Gasteiger partial charge in [0.25, 0.3) is 0 Å². The van der Waals surface area contributed by atoms with Crippen molar-refractivity contribution < 1.29 is 8.81 Å². The van der Waals surface area contributed by atoms with Gasteiger partial charge in [0, 0.05) is 23.5 Å². The van der Waals surface area contributed by atoms with Gasteiger partial charge in [0.2, 0.25) is 0 Å². The fraction of sp³-hybridized carbons (Fsp3) is 0.222. The topological polar surface area (TPSA) is 25.2 Å². The van der Waals surface area contributed by atoms with E-state index in [1.165, 1.54) is 17.7 Å². The molecule has 3 aromatic rings. The highest BCUT2D eigenvalue weighted by Crippen LogP contribution is 2.30. The summed E-state index contributed by atoms with van der Waals surface area (Å²) in [5.41, 5.74) is 2.92. The Hall–Kier alpha value is -2.13. The third kappa shape index (κ3) is 2.98. The van der Waals surface area contributed by atoms with Crippen LogP contribution in [0.3, 0.4) is 0 Å². The van der Waals surface area contributed by atoms with Gasteiger partial charge in [-0.15, -0.1) is 0 Å². The maximum atomic E-state index is 13.3. The summed E-state index contributed by atoms with van der Waals surface area (Å²) in [4.78, 5) is 0. The minimum absolute atomic E-state index is 0.246. The first-order valence-corrected chi connectivity index (χ1v) is 7.14. The fourth-order valence-electron chi connectivity index (χ4n) is 2.38. The Morgan fingerprint density at radius 3 is 2.71 bits per heavy atom. The smallest absolute Gasteiger partial charge is 0.135 e. The average Bonchev–Trinajstić information content (AvgIpc) is 2.88. The third-order valence-corrected chi connectivity index (χ3v) is 3.46. The van der Waals surface area contributed by atoms with Crippen LogP contribution in [0.4, 0.5) is 4.39 Å². The second kappa shape index (κ2) is 5.70. The van der Waals surface area contributed by atoms with Gasteiger partial charge in [0.1, 0.15) is 17.2 Å². The van der Waals surface area contributed by atoms with Crippen molar-refractivity contribution in [3.63, 3.8) is 0 Å². The highest BCUT2D eigenvalue weighted by Gasteiger charge is 2.11. The molecule has 0 spiro atoms. The van der Waals surface area contributed by atoms with Crippen LogP contribution < -0.4 is 5.32 Å². The molecule has 21 heavy (non-hydrogen) atoms. The van der Waals surface area contributed by atoms with E-state index in [1.807, 2.05) is 24.3 Å². The van der Waals surface area contributed by atoms with Gasteiger partial charge < -0.3 is 9.73 Å². The first-order chi connectivity index (χ1) is 10.1. The van der Waals surface area contributed by atoms with Crippen LogP contribution in [0.5, 0.6) is 0 Å². The number of halogens is 1. The summed E-state index contributed by atoms with van der Waals surface area (Å²) in [5.74, 6) is 0.529. The van der Waals surface area contributed by atoms with Gasteiger partial charge in [-0.2, -0.15) is 0 Å². The maximum Gasteiger partial charge on any atom is 0.135 e. The zero-order valence-electron chi connectivity index (χ0n) is 12.2. The van der Waals surface area contributed by atoms with Crippen molar-refractivity contribution in [3.05, 3.63) is 59.9 Å². The van der Waals surface area contributed by atoms with E-state index in [2.05, 4.69) is 25.2 Å². The van der Waals surface area contributed by atoms with Gasteiger partial charge in [0.15, 0.2) is 0 Å². The number of hydrogen-bond donors (Lipinski definition) is 1. The Labute approximate surface area is 123 Å². The van der Waals surface area contributed by atoms with Crippen LogP contribution >= 0.6 is 0 Å². The van der Waals surface area contributed by atoms with Crippen LogP contribution in [0.2, 0.25) is 0 Å². The average molecular weight is 283 g/mol. The van der Waals surface area contributed by atoms with Gasteiger partial charge in [0.05, 0.1) is 0 Å². The number of rotatable bonds is 4. The third-order valence-electron chi connectivity index (χ3n) is 3.46. The largest absolute Gasteiger partial charge is 0.456 e. The van der Waals surface area contributed by atoms with Crippen LogP contribution in [0.25, 0.3) is 22.3 Å². The quantitative estimate of drug-likeness (QED) is 0.748. The fourth-order valence-corrected chi connectivity index (χ4v) is 2.38. The molecule has 0 aliphatic heterocycles. The Morgan fingerprint density at radius 2 is 1.90 bits per heavy atom. The molecule has 1 heterocycles. The van der Waals surface area contributed by atoms with Crippen LogP contribution in [0.1, 0.15) is 19.4 Å². The molecule has 0 amide bonds. The molecular weight excluding hydrogens is 265 g/mol. The Morgan fingerprint density at radius 1 is 1.10 bits per heavy atom. The molecule has 0 bridgehead atoms. The first-order valence-electron chi connectivity index (χ1n) is 7.14. The van der Waals surface area contributed by atoms with E-state index in [-0.39, 0.29) is 5.82 Å². The van der Waals surface area contributed by atoms with E-state index in [0.717, 1.165) is 23.3 Å². The molecule has 3 rings (SSSR count). The van der Waals surface area contributed by atoms with Gasteiger partial charge >= 0.3 is 0 Å². The lowest BCUT2D eigenvalue weighted by Gasteiger charge is -2.11. The van der Waals surface area contributed by atoms with Crippen LogP contribution in [0, 0.1) is 5.82 Å². The van der Waals surface area contributed by atoms with E-state index >= 15 is 0 Å². The van der Waals surface area contributed by atoms with Crippen molar-refractivity contribution in [2.24, 2.45) is 0 Å². The molecule has 1 aromatic heterocycles. The number of fused-ring (bicyclic) bond motifs is 1. The molecule has 3 heteroatoms. The lowest BCUT2D eigenvalue weighted by atomic mass is 10.0. The molecule has 0 atom stereocenters. The van der Waals surface area contributed by atoms with Crippen LogP contribution in [0.15, 0.2) is 52.9 Å². The second-order valence-corrected chi connectivity index (χ2v) is 5.49. The molecule has 0 aliphatic carbocycles. The molecule has 0 fully saturated rings. The van der Waals surface area contributed by atoms with Crippen molar-refractivity contribution in [2.75, 3.05) is 0 Å². The first kappa shape index (κ1) is 13.8. The minimum Gasteiger partial charge on any atom is -0.456 e. The summed E-state index contributed by atoms with van der Waals surface area (Å²) < 4.78 is 19.1. The Bertz CT molecular complexity index is 761. The predicted molar refractivity (Wildman–Crippen MR) is 83.6 cm³/mol. The van der Waals surface area contributed by atoms with Crippen molar-refractivity contribution >= 4 is 11.0 Å². The predicted octanol–water partition coefficient (Wildman–Crippen LogP) is 4.74. The SMILES string of the molecule is CC(C)NCc1ccccc1-c1cc2cc(F)ccc2o1. The van der Waals surface area contributed by atoms with Gasteiger partial charge in [-0.05, 0) is 29.8 Å². The zero-order chi connectivity index (χ0) is 14.8. The lowest BCUT2D eigenvalue weighted by Crippen LogP contribution is -2.22. The van der Waals surface area contributed by atoms with E-state index < -0.39 is 0 Å². The maximum absolute atomic E-state index is 13.3. The lowest BCUT2D eigenvalue weighted by molar-refractivity contribution is 0.586. The molecular formula is C18H18FNO. The summed E-state index contributed by atoms with van der Waals surface area (Å²) in [6.07, 6.45) is 0. The highest BCUT2D eigenvalue weighted by atomic mass is 19.1. The van der Waals surface area contributed by atoms with Crippen molar-refractivity contribution in [2.45, 2.75) is 26.4 Å². The minimum atomic E-state index is -0.246. The summed E-state index contributed by atoms with van der Waals surface area (Å²) in [7, 11) is 0. The van der Waals surface area contributed by atoms with Gasteiger partial charge in [-0.25, -0.2) is 4.39 Å². The van der Waals surface area contributed by atoms with E-state index in [0.29, 0.717) is 11.6 Å². The van der Waals surface area contributed by atoms with Crippen molar-refractivity contribution in [3.8, 4) is 11.3 Å². The monoisotopic (exact) mass is 283 g/mol. The molecule has 2 aromatic carbocycles. The van der Waals surface area contributed by atoms with Crippen molar-refractivity contribution in [1.82, 2.24) is 5.32 Å². The van der Waals surface area contributed by atoms with E-state index in [4.69, 9.17) is 4.42 Å². The number of furan rings is 1. The van der Waals surface area contributed by atoms with Gasteiger partial charge in [-0.1, -0.05) is 38.1 Å². The number of benzene rings is 2. The molecule has 0 saturated carbocycles. The molecule has 108 valence electrons. The standard InChI is InChI=1S/C18H18FNO/c1-12(2)20-11-13-5-3-4-6-16(13)18-10-14-9-15(19)7-8-17(14)21-18/h3-10,12,20H,11H2,1-2H3. The van der Waals surface area contributed by atoms with Crippen molar-refractivity contribution in [1.29, 1.82) is 0 Å². The van der Waals surface area contributed by atoms with Crippen LogP contribution in [-0.4, -0.2) is 6.04 Å². The molecule has 0 radical (unpaired) electrons. The zero-order valence-corrected chi connectivity index (χ0v) is 12.2. The molecule has 0 aliphatic rings. The molecule has 0 saturated heterocycles. The normalized spacial score (nSPS) is 11.4. The van der Waals surface area contributed by atoms with Gasteiger partial charge in [-0.3, -0.25) is 0 Å². The second-order valence-electron chi connectivity index (χ2n) is 5.49. The Kier molecular flexibility index (Phi) is 3.76. The number of hydrogen-bond acceptors (Lipinski definition) is 2. The summed E-state index contributed by atoms with van der Waals surface area (Å²) >= 11 is 0. The summed E-state index contributed by atoms with van der Waals surface area (Å²) in [6.45, 7) is 5.01. The van der Waals surface area contributed by atoms with E-state index in [1.54, 1.807) is 6.07 Å². The molecule has 2 nitrogen and oxygen atoms in total.